The SMILES string of the molecule is Cc1nc(CN(C(=O)c2c(F)ccc(C)c2F)C(C)C)no1. The summed E-state index contributed by atoms with van der Waals surface area (Å²) in [7, 11) is 0. The van der Waals surface area contributed by atoms with Crippen LogP contribution in [0.15, 0.2) is 16.7 Å². The smallest absolute Gasteiger partial charge is 0.260 e. The highest BCUT2D eigenvalue weighted by Crippen LogP contribution is 2.20. The third kappa shape index (κ3) is 3.13. The van der Waals surface area contributed by atoms with Crippen molar-refractivity contribution < 1.29 is 18.1 Å². The minimum atomic E-state index is -0.886. The molecule has 0 N–H and O–H groups in total. The number of rotatable bonds is 4. The first kappa shape index (κ1) is 16.1. The summed E-state index contributed by atoms with van der Waals surface area (Å²) in [5.74, 6) is -1.83. The van der Waals surface area contributed by atoms with Gasteiger partial charge in [0.2, 0.25) is 5.89 Å². The molecule has 2 rings (SSSR count). The lowest BCUT2D eigenvalue weighted by molar-refractivity contribution is 0.0673. The van der Waals surface area contributed by atoms with Crippen molar-refractivity contribution in [3.63, 3.8) is 0 Å². The van der Waals surface area contributed by atoms with Gasteiger partial charge in [-0.05, 0) is 32.4 Å². The fourth-order valence-electron chi connectivity index (χ4n) is 2.04. The number of aryl methyl sites for hydroxylation is 2. The first-order valence-electron chi connectivity index (χ1n) is 6.86. The van der Waals surface area contributed by atoms with Crippen molar-refractivity contribution in [3.8, 4) is 0 Å². The molecule has 0 aliphatic carbocycles. The Bertz CT molecular complexity index is 698. The van der Waals surface area contributed by atoms with E-state index in [9.17, 15) is 13.6 Å². The summed E-state index contributed by atoms with van der Waals surface area (Å²) >= 11 is 0. The van der Waals surface area contributed by atoms with Crippen molar-refractivity contribution in [2.45, 2.75) is 40.3 Å². The topological polar surface area (TPSA) is 59.2 Å². The Morgan fingerprint density at radius 3 is 2.55 bits per heavy atom. The van der Waals surface area contributed by atoms with Crippen LogP contribution in [0, 0.1) is 25.5 Å². The van der Waals surface area contributed by atoms with E-state index < -0.39 is 23.1 Å². The maximum Gasteiger partial charge on any atom is 0.260 e. The Kier molecular flexibility index (Phi) is 4.54. The van der Waals surface area contributed by atoms with Crippen LogP contribution in [0.5, 0.6) is 0 Å². The average Bonchev–Trinajstić information content (AvgIpc) is 2.85. The molecule has 118 valence electrons. The predicted octanol–water partition coefficient (Wildman–Crippen LogP) is 3.02. The molecular weight excluding hydrogens is 292 g/mol. The van der Waals surface area contributed by atoms with E-state index in [0.29, 0.717) is 5.89 Å². The third-order valence-electron chi connectivity index (χ3n) is 3.26. The molecule has 0 unspecified atom stereocenters. The fourth-order valence-corrected chi connectivity index (χ4v) is 2.04. The quantitative estimate of drug-likeness (QED) is 0.871. The number of aromatic nitrogens is 2. The molecule has 7 heteroatoms. The molecule has 1 aromatic heterocycles. The van der Waals surface area contributed by atoms with Crippen molar-refractivity contribution in [2.24, 2.45) is 0 Å². The molecule has 0 atom stereocenters. The van der Waals surface area contributed by atoms with E-state index in [2.05, 4.69) is 10.1 Å². The summed E-state index contributed by atoms with van der Waals surface area (Å²) in [6.07, 6.45) is 0. The number of hydrogen-bond donors (Lipinski definition) is 0. The van der Waals surface area contributed by atoms with Gasteiger partial charge in [0.1, 0.15) is 17.2 Å². The predicted molar refractivity (Wildman–Crippen MR) is 75.1 cm³/mol. The van der Waals surface area contributed by atoms with Crippen LogP contribution in [0.1, 0.15) is 41.5 Å². The van der Waals surface area contributed by atoms with Crippen LogP contribution in [0.3, 0.4) is 0 Å². The van der Waals surface area contributed by atoms with Gasteiger partial charge >= 0.3 is 0 Å². The number of nitrogens with zero attached hydrogens (tertiary/aromatic N) is 3. The van der Waals surface area contributed by atoms with Crippen LogP contribution >= 0.6 is 0 Å². The Morgan fingerprint density at radius 2 is 2.00 bits per heavy atom. The molecule has 0 spiro atoms. The summed E-state index contributed by atoms with van der Waals surface area (Å²) in [5.41, 5.74) is -0.349. The molecule has 0 aliphatic rings. The van der Waals surface area contributed by atoms with E-state index in [1.165, 1.54) is 17.9 Å². The van der Waals surface area contributed by atoms with Crippen LogP contribution < -0.4 is 0 Å². The molecule has 1 aromatic carbocycles. The maximum absolute atomic E-state index is 14.1. The van der Waals surface area contributed by atoms with Crippen LogP contribution in [0.4, 0.5) is 8.78 Å². The largest absolute Gasteiger partial charge is 0.340 e. The second-order valence-electron chi connectivity index (χ2n) is 5.31. The lowest BCUT2D eigenvalue weighted by atomic mass is 10.1. The molecule has 0 saturated carbocycles. The molecule has 1 heterocycles. The van der Waals surface area contributed by atoms with Crippen LogP contribution in [-0.4, -0.2) is 27.0 Å². The van der Waals surface area contributed by atoms with Crippen molar-refractivity contribution in [1.82, 2.24) is 15.0 Å². The summed E-state index contributed by atoms with van der Waals surface area (Å²) in [5, 5.41) is 3.71. The van der Waals surface area contributed by atoms with Gasteiger partial charge in [-0.2, -0.15) is 4.98 Å². The molecular formula is C15H17F2N3O2. The Hall–Kier alpha value is -2.31. The van der Waals surface area contributed by atoms with E-state index in [4.69, 9.17) is 4.52 Å². The van der Waals surface area contributed by atoms with Gasteiger partial charge in [0.15, 0.2) is 5.82 Å². The zero-order valence-corrected chi connectivity index (χ0v) is 12.9. The maximum atomic E-state index is 14.1. The lowest BCUT2D eigenvalue weighted by Crippen LogP contribution is -2.37. The molecule has 0 fully saturated rings. The highest BCUT2D eigenvalue weighted by Gasteiger charge is 2.27. The van der Waals surface area contributed by atoms with E-state index in [-0.39, 0.29) is 24.0 Å². The summed E-state index contributed by atoms with van der Waals surface area (Å²) < 4.78 is 32.9. The average molecular weight is 309 g/mol. The normalized spacial score (nSPS) is 11.0. The van der Waals surface area contributed by atoms with E-state index in [1.54, 1.807) is 20.8 Å². The minimum Gasteiger partial charge on any atom is -0.340 e. The number of hydrogen-bond acceptors (Lipinski definition) is 4. The van der Waals surface area contributed by atoms with Gasteiger partial charge in [-0.1, -0.05) is 11.2 Å². The van der Waals surface area contributed by atoms with Gasteiger partial charge in [0.25, 0.3) is 5.91 Å². The van der Waals surface area contributed by atoms with Crippen LogP contribution in [0.2, 0.25) is 0 Å². The van der Waals surface area contributed by atoms with E-state index in [1.807, 2.05) is 0 Å². The molecule has 5 nitrogen and oxygen atoms in total. The molecule has 1 amide bonds. The standard InChI is InChI=1S/C15H17F2N3O2/c1-8(2)20(7-12-18-10(4)22-19-12)15(21)13-11(16)6-5-9(3)14(13)17/h5-6,8H,7H2,1-4H3. The van der Waals surface area contributed by atoms with Gasteiger partial charge in [0, 0.05) is 13.0 Å². The van der Waals surface area contributed by atoms with Crippen molar-refractivity contribution in [1.29, 1.82) is 0 Å². The van der Waals surface area contributed by atoms with Gasteiger partial charge < -0.3 is 9.42 Å². The zero-order valence-electron chi connectivity index (χ0n) is 12.9. The number of amides is 1. The second-order valence-corrected chi connectivity index (χ2v) is 5.31. The summed E-state index contributed by atoms with van der Waals surface area (Å²) in [6.45, 7) is 6.61. The molecule has 0 aliphatic heterocycles. The van der Waals surface area contributed by atoms with Gasteiger partial charge in [-0.15, -0.1) is 0 Å². The molecule has 0 bridgehead atoms. The minimum absolute atomic E-state index is 0.0145. The zero-order chi connectivity index (χ0) is 16.4. The van der Waals surface area contributed by atoms with E-state index in [0.717, 1.165) is 6.07 Å². The van der Waals surface area contributed by atoms with Crippen molar-refractivity contribution >= 4 is 5.91 Å². The van der Waals surface area contributed by atoms with Crippen LogP contribution in [-0.2, 0) is 6.54 Å². The molecule has 0 radical (unpaired) electrons. The number of carbonyl (C=O) groups is 1. The van der Waals surface area contributed by atoms with Crippen LogP contribution in [0.25, 0.3) is 0 Å². The number of carbonyl (C=O) groups excluding carboxylic acids is 1. The molecule has 22 heavy (non-hydrogen) atoms. The highest BCUT2D eigenvalue weighted by molar-refractivity contribution is 5.95. The summed E-state index contributed by atoms with van der Waals surface area (Å²) in [6, 6.07) is 2.09. The first-order valence-corrected chi connectivity index (χ1v) is 6.86. The lowest BCUT2D eigenvalue weighted by Gasteiger charge is -2.26. The van der Waals surface area contributed by atoms with Crippen molar-refractivity contribution in [2.75, 3.05) is 0 Å². The molecule has 2 aromatic rings. The second kappa shape index (κ2) is 6.21. The Balaban J connectivity index is 2.37. The number of halogens is 2. The Labute approximate surface area is 126 Å². The third-order valence-corrected chi connectivity index (χ3v) is 3.26. The monoisotopic (exact) mass is 309 g/mol. The van der Waals surface area contributed by atoms with Crippen molar-refractivity contribution in [3.05, 3.63) is 46.6 Å². The number of benzene rings is 1. The fraction of sp³-hybridized carbons (Fsp3) is 0.400. The molecule has 0 saturated heterocycles. The van der Waals surface area contributed by atoms with Gasteiger partial charge in [-0.3, -0.25) is 4.79 Å². The van der Waals surface area contributed by atoms with E-state index >= 15 is 0 Å². The first-order chi connectivity index (χ1) is 10.3. The van der Waals surface area contributed by atoms with Gasteiger partial charge in [0.05, 0.1) is 6.54 Å². The van der Waals surface area contributed by atoms with Gasteiger partial charge in [-0.25, -0.2) is 8.78 Å². The highest BCUT2D eigenvalue weighted by atomic mass is 19.1. The summed E-state index contributed by atoms with van der Waals surface area (Å²) in [4.78, 5) is 17.9. The Morgan fingerprint density at radius 1 is 1.32 bits per heavy atom.